The van der Waals surface area contributed by atoms with E-state index in [4.69, 9.17) is 0 Å². The Hall–Kier alpha value is -1.65. The molecule has 1 N–H and O–H groups in total. The quantitative estimate of drug-likeness (QED) is 0.475. The van der Waals surface area contributed by atoms with Gasteiger partial charge in [-0.3, -0.25) is 10.1 Å². The lowest BCUT2D eigenvalue weighted by Gasteiger charge is -2.07. The molecule has 0 unspecified atom stereocenters. The molecule has 0 spiro atoms. The van der Waals surface area contributed by atoms with E-state index in [9.17, 15) is 27.3 Å². The maximum absolute atomic E-state index is 13.4. The molecule has 19 heavy (non-hydrogen) atoms. The molecular weight excluding hydrogens is 286 g/mol. The average Bonchev–Trinajstić information content (AvgIpc) is 2.28. The fourth-order valence-electron chi connectivity index (χ4n) is 1.22. The molecule has 0 heterocycles. The summed E-state index contributed by atoms with van der Waals surface area (Å²) >= 11 is 0. The summed E-state index contributed by atoms with van der Waals surface area (Å²) in [6.45, 7) is -0.117. The van der Waals surface area contributed by atoms with Crippen LogP contribution in [-0.2, 0) is 14.8 Å². The number of hydrogen-bond donors (Lipinski definition) is 1. The second-order valence-electron chi connectivity index (χ2n) is 3.38. The van der Waals surface area contributed by atoms with Gasteiger partial charge < -0.3 is 4.74 Å². The van der Waals surface area contributed by atoms with Gasteiger partial charge in [0.1, 0.15) is 10.7 Å². The van der Waals surface area contributed by atoms with Gasteiger partial charge in [0.15, 0.2) is 0 Å². The molecule has 1 aromatic carbocycles. The van der Waals surface area contributed by atoms with Gasteiger partial charge in [-0.15, -0.1) is 0 Å². The number of ether oxygens (including phenoxy) is 1. The molecule has 0 saturated heterocycles. The summed E-state index contributed by atoms with van der Waals surface area (Å²) in [5.41, 5.74) is -1.12. The number of nitro groups is 1. The maximum Gasteiger partial charge on any atom is 0.306 e. The number of hydrogen-bond acceptors (Lipinski definition) is 5. The predicted octanol–water partition coefficient (Wildman–Crippen LogP) is 0.798. The van der Waals surface area contributed by atoms with Crippen molar-refractivity contribution in [3.63, 3.8) is 0 Å². The summed E-state index contributed by atoms with van der Waals surface area (Å²) in [7, 11) is -2.98. The highest BCUT2D eigenvalue weighted by Gasteiger charge is 2.25. The van der Waals surface area contributed by atoms with Crippen LogP contribution in [0.25, 0.3) is 0 Å². The van der Waals surface area contributed by atoms with E-state index in [1.54, 1.807) is 0 Å². The summed E-state index contributed by atoms with van der Waals surface area (Å²) in [4.78, 5) is 8.36. The van der Waals surface area contributed by atoms with Crippen molar-refractivity contribution in [2.24, 2.45) is 0 Å². The number of benzene rings is 1. The number of rotatable bonds is 6. The minimum atomic E-state index is -4.31. The summed E-state index contributed by atoms with van der Waals surface area (Å²) < 4.78 is 56.3. The Morgan fingerprint density at radius 1 is 1.37 bits per heavy atom. The van der Waals surface area contributed by atoms with E-state index in [2.05, 4.69) is 4.74 Å². The molecule has 10 heteroatoms. The Morgan fingerprint density at radius 3 is 2.53 bits per heavy atom. The van der Waals surface area contributed by atoms with E-state index in [-0.39, 0.29) is 19.2 Å². The molecule has 0 radical (unpaired) electrons. The predicted molar refractivity (Wildman–Crippen MR) is 60.1 cm³/mol. The zero-order valence-corrected chi connectivity index (χ0v) is 10.5. The van der Waals surface area contributed by atoms with Gasteiger partial charge in [-0.05, 0) is 0 Å². The molecule has 106 valence electrons. The third-order valence-electron chi connectivity index (χ3n) is 2.09. The Kier molecular flexibility index (Phi) is 4.86. The van der Waals surface area contributed by atoms with Crippen molar-refractivity contribution in [2.45, 2.75) is 4.90 Å². The smallest absolute Gasteiger partial charge is 0.306 e. The van der Waals surface area contributed by atoms with Crippen LogP contribution in [0.5, 0.6) is 0 Å². The van der Waals surface area contributed by atoms with Gasteiger partial charge in [-0.2, -0.15) is 4.39 Å². The molecule has 0 aliphatic rings. The van der Waals surface area contributed by atoms with Crippen molar-refractivity contribution in [3.05, 3.63) is 33.9 Å². The Bertz CT molecular complexity index is 591. The van der Waals surface area contributed by atoms with Gasteiger partial charge in [0.2, 0.25) is 15.8 Å². The maximum atomic E-state index is 13.4. The number of methoxy groups -OCH3 is 1. The number of nitrogens with one attached hydrogen (secondary N) is 1. The number of halogens is 2. The molecule has 1 rings (SSSR count). The second-order valence-corrected chi connectivity index (χ2v) is 5.12. The van der Waals surface area contributed by atoms with Crippen molar-refractivity contribution in [2.75, 3.05) is 20.3 Å². The van der Waals surface area contributed by atoms with Crippen molar-refractivity contribution >= 4 is 15.7 Å². The SMILES string of the molecule is COCCNS(=O)(=O)c1cc([N+](=O)[O-])c(F)cc1F. The van der Waals surface area contributed by atoms with Crippen molar-refractivity contribution in [1.29, 1.82) is 0 Å². The summed E-state index contributed by atoms with van der Waals surface area (Å²) in [5, 5.41) is 10.5. The van der Waals surface area contributed by atoms with Gasteiger partial charge in [0, 0.05) is 25.8 Å². The van der Waals surface area contributed by atoms with Crippen LogP contribution in [-0.4, -0.2) is 33.6 Å². The number of nitro benzene ring substituents is 1. The molecule has 0 aromatic heterocycles. The van der Waals surface area contributed by atoms with Gasteiger partial charge in [-0.25, -0.2) is 17.5 Å². The van der Waals surface area contributed by atoms with Gasteiger partial charge in [0.25, 0.3) is 0 Å². The van der Waals surface area contributed by atoms with E-state index < -0.39 is 37.2 Å². The zero-order chi connectivity index (χ0) is 14.6. The van der Waals surface area contributed by atoms with Crippen LogP contribution in [0.15, 0.2) is 17.0 Å². The van der Waals surface area contributed by atoms with Crippen LogP contribution in [0.3, 0.4) is 0 Å². The summed E-state index contributed by atoms with van der Waals surface area (Å²) in [5.74, 6) is -2.86. The Morgan fingerprint density at radius 2 is 2.00 bits per heavy atom. The number of sulfonamides is 1. The third kappa shape index (κ3) is 3.66. The molecule has 0 atom stereocenters. The molecule has 1 aromatic rings. The highest BCUT2D eigenvalue weighted by atomic mass is 32.2. The minimum absolute atomic E-state index is 0.0319. The standard InChI is InChI=1S/C9H10F2N2O5S/c1-18-3-2-12-19(16,17)9-5-8(13(14)15)6(10)4-7(9)11/h4-5,12H,2-3H2,1H3. The molecule has 0 bridgehead atoms. The third-order valence-corrected chi connectivity index (χ3v) is 3.56. The summed E-state index contributed by atoms with van der Waals surface area (Å²) in [6, 6.07) is 0.489. The minimum Gasteiger partial charge on any atom is -0.383 e. The number of nitrogens with zero attached hydrogens (tertiary/aromatic N) is 1. The van der Waals surface area contributed by atoms with Gasteiger partial charge in [0.05, 0.1) is 11.5 Å². The van der Waals surface area contributed by atoms with E-state index in [0.29, 0.717) is 6.07 Å². The average molecular weight is 296 g/mol. The van der Waals surface area contributed by atoms with Crippen LogP contribution in [0.4, 0.5) is 14.5 Å². The molecule has 0 aliphatic heterocycles. The summed E-state index contributed by atoms with van der Waals surface area (Å²) in [6.07, 6.45) is 0. The first-order valence-corrected chi connectivity index (χ1v) is 6.40. The highest BCUT2D eigenvalue weighted by Crippen LogP contribution is 2.24. The van der Waals surface area contributed by atoms with Crippen LogP contribution in [0.1, 0.15) is 0 Å². The molecule has 0 fully saturated rings. The van der Waals surface area contributed by atoms with Gasteiger partial charge >= 0.3 is 5.69 Å². The fourth-order valence-corrected chi connectivity index (χ4v) is 2.31. The molecule has 0 saturated carbocycles. The normalized spacial score (nSPS) is 11.5. The van der Waals surface area contributed by atoms with Crippen LogP contribution in [0.2, 0.25) is 0 Å². The Labute approximate surface area is 107 Å². The lowest BCUT2D eigenvalue weighted by molar-refractivity contribution is -0.387. The lowest BCUT2D eigenvalue weighted by Crippen LogP contribution is -2.28. The molecule has 7 nitrogen and oxygen atoms in total. The lowest BCUT2D eigenvalue weighted by atomic mass is 10.3. The Balaban J connectivity index is 3.19. The first kappa shape index (κ1) is 15.4. The van der Waals surface area contributed by atoms with E-state index >= 15 is 0 Å². The topological polar surface area (TPSA) is 98.5 Å². The molecular formula is C9H10F2N2O5S. The zero-order valence-electron chi connectivity index (χ0n) is 9.72. The first-order chi connectivity index (χ1) is 8.79. The van der Waals surface area contributed by atoms with Crippen molar-refractivity contribution in [3.8, 4) is 0 Å². The first-order valence-electron chi connectivity index (χ1n) is 4.91. The van der Waals surface area contributed by atoms with E-state index in [1.807, 2.05) is 4.72 Å². The largest absolute Gasteiger partial charge is 0.383 e. The molecule has 0 aliphatic carbocycles. The molecule has 0 amide bonds. The highest BCUT2D eigenvalue weighted by molar-refractivity contribution is 7.89. The van der Waals surface area contributed by atoms with Gasteiger partial charge in [-0.1, -0.05) is 0 Å². The van der Waals surface area contributed by atoms with Crippen molar-refractivity contribution < 1.29 is 26.9 Å². The van der Waals surface area contributed by atoms with E-state index in [0.717, 1.165) is 0 Å². The van der Waals surface area contributed by atoms with Crippen LogP contribution >= 0.6 is 0 Å². The van der Waals surface area contributed by atoms with E-state index in [1.165, 1.54) is 7.11 Å². The van der Waals surface area contributed by atoms with Crippen LogP contribution < -0.4 is 4.72 Å². The second kappa shape index (κ2) is 5.99. The van der Waals surface area contributed by atoms with Crippen molar-refractivity contribution in [1.82, 2.24) is 4.72 Å². The monoisotopic (exact) mass is 296 g/mol. The van der Waals surface area contributed by atoms with Crippen LogP contribution in [0, 0.1) is 21.7 Å². The fraction of sp³-hybridized carbons (Fsp3) is 0.333.